The Morgan fingerprint density at radius 3 is 2.95 bits per heavy atom. The molecule has 106 valence electrons. The van der Waals surface area contributed by atoms with E-state index in [4.69, 9.17) is 0 Å². The van der Waals surface area contributed by atoms with Crippen molar-refractivity contribution in [3.8, 4) is 0 Å². The normalized spacial score (nSPS) is 22.6. The number of hydrogen-bond donors (Lipinski definition) is 0. The second-order valence-corrected chi connectivity index (χ2v) is 6.19. The van der Waals surface area contributed by atoms with Crippen molar-refractivity contribution in [2.75, 3.05) is 13.6 Å². The van der Waals surface area contributed by atoms with Crippen molar-refractivity contribution in [2.24, 2.45) is 5.10 Å². The second-order valence-electron chi connectivity index (χ2n) is 5.19. The third kappa shape index (κ3) is 2.14. The Morgan fingerprint density at radius 1 is 1.40 bits per heavy atom. The highest BCUT2D eigenvalue weighted by molar-refractivity contribution is 7.10. The van der Waals surface area contributed by atoms with Crippen molar-refractivity contribution in [1.29, 1.82) is 0 Å². The molecule has 20 heavy (non-hydrogen) atoms. The van der Waals surface area contributed by atoms with Gasteiger partial charge in [0.05, 0.1) is 6.04 Å². The Bertz CT molecular complexity index is 593. The third-order valence-electron chi connectivity index (χ3n) is 3.99. The van der Waals surface area contributed by atoms with E-state index < -0.39 is 0 Å². The van der Waals surface area contributed by atoms with E-state index in [-0.39, 0.29) is 17.9 Å². The molecule has 2 aliphatic rings. The largest absolute Gasteiger partial charge is 0.330 e. The van der Waals surface area contributed by atoms with E-state index in [0.29, 0.717) is 18.6 Å². The van der Waals surface area contributed by atoms with E-state index >= 15 is 0 Å². The van der Waals surface area contributed by atoms with Gasteiger partial charge in [0.2, 0.25) is 5.91 Å². The highest BCUT2D eigenvalue weighted by Gasteiger charge is 2.32. The van der Waals surface area contributed by atoms with E-state index in [2.05, 4.69) is 23.5 Å². The molecule has 0 bridgehead atoms. The minimum absolute atomic E-state index is 0.0336. The topological polar surface area (TPSA) is 53.0 Å². The lowest BCUT2D eigenvalue weighted by Crippen LogP contribution is -2.44. The van der Waals surface area contributed by atoms with Crippen LogP contribution in [-0.4, -0.2) is 41.0 Å². The summed E-state index contributed by atoms with van der Waals surface area (Å²) in [6.45, 7) is 2.78. The van der Waals surface area contributed by atoms with Crippen LogP contribution in [0.1, 0.15) is 36.2 Å². The zero-order chi connectivity index (χ0) is 14.3. The van der Waals surface area contributed by atoms with Crippen molar-refractivity contribution >= 4 is 28.9 Å². The molecule has 2 aliphatic heterocycles. The van der Waals surface area contributed by atoms with Gasteiger partial charge < -0.3 is 4.90 Å². The lowest BCUT2D eigenvalue weighted by Gasteiger charge is -2.34. The second kappa shape index (κ2) is 5.01. The molecule has 1 atom stereocenters. The van der Waals surface area contributed by atoms with Crippen LogP contribution >= 0.6 is 11.3 Å². The maximum Gasteiger partial charge on any atom is 0.270 e. The molecule has 3 heterocycles. The number of carbonyl (C=O) groups excluding carboxylic acids is 2. The van der Waals surface area contributed by atoms with Crippen molar-refractivity contribution in [3.05, 3.63) is 21.9 Å². The first kappa shape index (κ1) is 13.3. The monoisotopic (exact) mass is 291 g/mol. The van der Waals surface area contributed by atoms with Gasteiger partial charge in [-0.25, -0.2) is 5.01 Å². The van der Waals surface area contributed by atoms with Crippen molar-refractivity contribution in [2.45, 2.75) is 32.2 Å². The Hall–Kier alpha value is -1.69. The van der Waals surface area contributed by atoms with Crippen LogP contribution in [0.3, 0.4) is 0 Å². The molecule has 5 nitrogen and oxygen atoms in total. The molecule has 0 N–H and O–H groups in total. The number of carbonyl (C=O) groups is 2. The molecule has 0 fully saturated rings. The zero-order valence-electron chi connectivity index (χ0n) is 11.6. The maximum absolute atomic E-state index is 12.6. The van der Waals surface area contributed by atoms with E-state index in [1.807, 2.05) is 4.90 Å². The molecule has 1 aromatic rings. The summed E-state index contributed by atoms with van der Waals surface area (Å²) in [5, 5.41) is 7.49. The third-order valence-corrected chi connectivity index (χ3v) is 4.99. The van der Waals surface area contributed by atoms with Crippen molar-refractivity contribution in [3.63, 3.8) is 0 Å². The molecule has 1 aromatic heterocycles. The van der Waals surface area contributed by atoms with Crippen molar-refractivity contribution < 1.29 is 9.59 Å². The van der Waals surface area contributed by atoms with Gasteiger partial charge in [0, 0.05) is 31.3 Å². The van der Waals surface area contributed by atoms with Gasteiger partial charge in [-0.3, -0.25) is 9.59 Å². The number of nitrogens with zero attached hydrogens (tertiary/aromatic N) is 3. The Labute approximate surface area is 121 Å². The number of fused-ring (bicyclic) bond motifs is 1. The predicted octanol–water partition coefficient (Wildman–Crippen LogP) is 1.80. The van der Waals surface area contributed by atoms with Crippen molar-refractivity contribution in [1.82, 2.24) is 9.91 Å². The minimum Gasteiger partial charge on any atom is -0.330 e. The molecule has 0 saturated heterocycles. The summed E-state index contributed by atoms with van der Waals surface area (Å²) in [6.07, 6.45) is 1.72. The van der Waals surface area contributed by atoms with Crippen LogP contribution in [0.5, 0.6) is 0 Å². The predicted molar refractivity (Wildman–Crippen MR) is 77.6 cm³/mol. The Kier molecular flexibility index (Phi) is 3.33. The molecule has 0 radical (unpaired) electrons. The van der Waals surface area contributed by atoms with Gasteiger partial charge in [-0.2, -0.15) is 5.10 Å². The van der Waals surface area contributed by atoms with Crippen LogP contribution in [0.2, 0.25) is 0 Å². The molecule has 0 spiro atoms. The summed E-state index contributed by atoms with van der Waals surface area (Å²) in [7, 11) is 1.60. The lowest BCUT2D eigenvalue weighted by molar-refractivity contribution is -0.131. The van der Waals surface area contributed by atoms with Gasteiger partial charge in [-0.15, -0.1) is 11.3 Å². The van der Waals surface area contributed by atoms with Gasteiger partial charge in [-0.05, 0) is 30.4 Å². The zero-order valence-corrected chi connectivity index (χ0v) is 12.4. The quantitative estimate of drug-likeness (QED) is 0.792. The molecule has 2 amide bonds. The van der Waals surface area contributed by atoms with Gasteiger partial charge in [-0.1, -0.05) is 0 Å². The van der Waals surface area contributed by atoms with Crippen LogP contribution in [0, 0.1) is 0 Å². The fraction of sp³-hybridized carbons (Fsp3) is 0.500. The minimum atomic E-state index is -0.0339. The molecular weight excluding hydrogens is 274 g/mol. The number of amides is 2. The fourth-order valence-electron chi connectivity index (χ4n) is 2.78. The molecule has 0 saturated carbocycles. The smallest absolute Gasteiger partial charge is 0.270 e. The summed E-state index contributed by atoms with van der Waals surface area (Å²) in [6, 6.07) is 2.19. The van der Waals surface area contributed by atoms with Gasteiger partial charge in [0.15, 0.2) is 0 Å². The molecule has 1 unspecified atom stereocenters. The first-order valence-corrected chi connectivity index (χ1v) is 7.67. The first-order chi connectivity index (χ1) is 9.58. The maximum atomic E-state index is 12.6. The van der Waals surface area contributed by atoms with Gasteiger partial charge >= 0.3 is 0 Å². The highest BCUT2D eigenvalue weighted by Crippen LogP contribution is 2.33. The summed E-state index contributed by atoms with van der Waals surface area (Å²) in [5.74, 6) is -0.0675. The highest BCUT2D eigenvalue weighted by atomic mass is 32.1. The molecule has 0 aromatic carbocycles. The number of thiophene rings is 1. The fourth-order valence-corrected chi connectivity index (χ4v) is 3.74. The number of hydrazone groups is 1. The van der Waals surface area contributed by atoms with E-state index in [9.17, 15) is 9.59 Å². The van der Waals surface area contributed by atoms with Gasteiger partial charge in [0.25, 0.3) is 5.91 Å². The van der Waals surface area contributed by atoms with Gasteiger partial charge in [0.1, 0.15) is 5.71 Å². The summed E-state index contributed by atoms with van der Waals surface area (Å²) in [5.41, 5.74) is 1.74. The lowest BCUT2D eigenvalue weighted by atomic mass is 10.00. The number of rotatable bonds is 1. The Balaban J connectivity index is 1.82. The summed E-state index contributed by atoms with van der Waals surface area (Å²) >= 11 is 1.76. The first-order valence-electron chi connectivity index (χ1n) is 6.79. The van der Waals surface area contributed by atoms with Crippen LogP contribution in [-0.2, 0) is 16.0 Å². The van der Waals surface area contributed by atoms with Crippen LogP contribution < -0.4 is 0 Å². The average molecular weight is 291 g/mol. The molecule has 0 aliphatic carbocycles. The summed E-state index contributed by atoms with van der Waals surface area (Å²) in [4.78, 5) is 27.3. The van der Waals surface area contributed by atoms with Crippen LogP contribution in [0.25, 0.3) is 0 Å². The SMILES string of the molecule is CC1c2ccsc2CCN1C(=O)C1=NN(C)C(=O)CC1. The van der Waals surface area contributed by atoms with Crippen LogP contribution in [0.15, 0.2) is 16.5 Å². The van der Waals surface area contributed by atoms with E-state index in [1.165, 1.54) is 15.4 Å². The Morgan fingerprint density at radius 2 is 2.20 bits per heavy atom. The molecule has 3 rings (SSSR count). The van der Waals surface area contributed by atoms with E-state index in [1.54, 1.807) is 18.4 Å². The molecular formula is C14H17N3O2S. The molecule has 6 heteroatoms. The standard InChI is InChI=1S/C14H17N3O2S/c1-9-10-6-8-20-12(10)5-7-17(9)14(19)11-3-4-13(18)16(2)15-11/h6,8-9H,3-5,7H2,1-2H3. The summed E-state index contributed by atoms with van der Waals surface area (Å²) < 4.78 is 0. The van der Waals surface area contributed by atoms with E-state index in [0.717, 1.165) is 13.0 Å². The number of hydrogen-bond acceptors (Lipinski definition) is 4. The van der Waals surface area contributed by atoms with Crippen LogP contribution in [0.4, 0.5) is 0 Å². The average Bonchev–Trinajstić information content (AvgIpc) is 2.91.